The number of rotatable bonds is 6. The normalized spacial score (nSPS) is 19.4. The zero-order valence-corrected chi connectivity index (χ0v) is 20.6. The number of hydrogen-bond donors (Lipinski definition) is 1. The van der Waals surface area contributed by atoms with Gasteiger partial charge in [0.05, 0.1) is 28.5 Å². The van der Waals surface area contributed by atoms with E-state index in [0.29, 0.717) is 16.3 Å². The van der Waals surface area contributed by atoms with E-state index in [9.17, 15) is 14.7 Å². The van der Waals surface area contributed by atoms with E-state index < -0.39 is 11.4 Å². The average Bonchev–Trinajstić information content (AvgIpc) is 3.36. The van der Waals surface area contributed by atoms with Gasteiger partial charge in [-0.15, -0.1) is 0 Å². The molecule has 1 saturated carbocycles. The maximum Gasteiger partial charge on any atom is 0.341 e. The number of carboxylic acids is 1. The van der Waals surface area contributed by atoms with Crippen molar-refractivity contribution in [2.24, 2.45) is 5.92 Å². The molecule has 1 N–H and O–H groups in total. The highest BCUT2D eigenvalue weighted by molar-refractivity contribution is 6.34. The number of nitrogens with zero attached hydrogens (tertiary/aromatic N) is 4. The van der Waals surface area contributed by atoms with Gasteiger partial charge in [0, 0.05) is 36.6 Å². The smallest absolute Gasteiger partial charge is 0.341 e. The highest BCUT2D eigenvalue weighted by atomic mass is 35.5. The topological polar surface area (TPSA) is 91.8 Å². The van der Waals surface area contributed by atoms with Gasteiger partial charge in [-0.1, -0.05) is 11.6 Å². The van der Waals surface area contributed by atoms with Crippen LogP contribution in [0, 0.1) is 19.8 Å². The van der Waals surface area contributed by atoms with E-state index in [2.05, 4.69) is 14.8 Å². The molecule has 2 atom stereocenters. The van der Waals surface area contributed by atoms with Gasteiger partial charge in [0.25, 0.3) is 0 Å². The third-order valence-corrected chi connectivity index (χ3v) is 7.37. The number of benzene rings is 1. The van der Waals surface area contributed by atoms with Crippen LogP contribution >= 0.6 is 11.6 Å². The molecule has 2 fully saturated rings. The number of carbonyl (C=O) groups is 1. The van der Waals surface area contributed by atoms with Gasteiger partial charge in [0.15, 0.2) is 0 Å². The summed E-state index contributed by atoms with van der Waals surface area (Å²) < 4.78 is 7.85. The molecule has 3 aromatic rings. The molecule has 0 spiro atoms. The molecule has 3 heterocycles. The van der Waals surface area contributed by atoms with Crippen molar-refractivity contribution in [1.82, 2.24) is 14.5 Å². The molecule has 1 aliphatic carbocycles. The van der Waals surface area contributed by atoms with E-state index in [1.165, 1.54) is 6.20 Å². The van der Waals surface area contributed by atoms with Gasteiger partial charge in [-0.3, -0.25) is 9.69 Å². The van der Waals surface area contributed by atoms with Crippen LogP contribution in [0.5, 0.6) is 0 Å². The minimum absolute atomic E-state index is 0.0426. The van der Waals surface area contributed by atoms with Crippen LogP contribution in [0.2, 0.25) is 5.02 Å². The lowest BCUT2D eigenvalue weighted by molar-refractivity contribution is 0.0695. The molecular formula is C25H29ClN4O4. The third-order valence-electron chi connectivity index (χ3n) is 7.09. The number of hydrogen-bond acceptors (Lipinski definition) is 6. The van der Waals surface area contributed by atoms with Crippen molar-refractivity contribution in [3.63, 3.8) is 0 Å². The predicted molar refractivity (Wildman–Crippen MR) is 131 cm³/mol. The lowest BCUT2D eigenvalue weighted by atomic mass is 9.98. The molecule has 9 heteroatoms. The van der Waals surface area contributed by atoms with Crippen LogP contribution in [0.4, 0.5) is 5.69 Å². The van der Waals surface area contributed by atoms with Crippen LogP contribution in [-0.4, -0.2) is 52.7 Å². The summed E-state index contributed by atoms with van der Waals surface area (Å²) in [5, 5.41) is 10.4. The minimum atomic E-state index is -1.21. The van der Waals surface area contributed by atoms with Gasteiger partial charge < -0.3 is 19.0 Å². The van der Waals surface area contributed by atoms with Crippen LogP contribution in [0.25, 0.3) is 10.9 Å². The van der Waals surface area contributed by atoms with Gasteiger partial charge in [-0.2, -0.15) is 0 Å². The second-order valence-corrected chi connectivity index (χ2v) is 10.2. The first kappa shape index (κ1) is 22.9. The minimum Gasteiger partial charge on any atom is -0.477 e. The van der Waals surface area contributed by atoms with E-state index in [1.54, 1.807) is 12.3 Å². The largest absolute Gasteiger partial charge is 0.477 e. The molecule has 0 amide bonds. The van der Waals surface area contributed by atoms with Crippen molar-refractivity contribution in [2.75, 3.05) is 32.1 Å². The summed E-state index contributed by atoms with van der Waals surface area (Å²) >= 11 is 6.77. The van der Waals surface area contributed by atoms with Crippen LogP contribution in [-0.2, 0) is 0 Å². The zero-order valence-electron chi connectivity index (χ0n) is 19.8. The van der Waals surface area contributed by atoms with Crippen molar-refractivity contribution in [3.8, 4) is 0 Å². The average molecular weight is 485 g/mol. The fourth-order valence-electron chi connectivity index (χ4n) is 5.45. The van der Waals surface area contributed by atoms with Gasteiger partial charge >= 0.3 is 5.97 Å². The molecule has 2 aliphatic rings. The Morgan fingerprint density at radius 1 is 1.29 bits per heavy atom. The summed E-state index contributed by atoms with van der Waals surface area (Å²) in [6, 6.07) is 1.91. The van der Waals surface area contributed by atoms with Gasteiger partial charge in [-0.05, 0) is 58.8 Å². The van der Waals surface area contributed by atoms with Gasteiger partial charge in [-0.25, -0.2) is 9.78 Å². The second-order valence-electron chi connectivity index (χ2n) is 9.76. The molecule has 2 aromatic heterocycles. The maximum atomic E-state index is 13.0. The Morgan fingerprint density at radius 2 is 2.03 bits per heavy atom. The molecule has 0 radical (unpaired) electrons. The van der Waals surface area contributed by atoms with E-state index in [0.717, 1.165) is 60.8 Å². The number of pyridine rings is 1. The van der Waals surface area contributed by atoms with Crippen LogP contribution in [0.3, 0.4) is 0 Å². The van der Waals surface area contributed by atoms with Gasteiger partial charge in [0.2, 0.25) is 11.3 Å². The molecule has 0 bridgehead atoms. The molecule has 5 rings (SSSR count). The first-order valence-electron chi connectivity index (χ1n) is 11.6. The molecule has 2 unspecified atom stereocenters. The van der Waals surface area contributed by atoms with E-state index in [1.807, 2.05) is 32.5 Å². The van der Waals surface area contributed by atoms with Crippen LogP contribution in [0.15, 0.2) is 27.7 Å². The number of halogens is 1. The molecule has 8 nitrogen and oxygen atoms in total. The van der Waals surface area contributed by atoms with E-state index in [-0.39, 0.29) is 17.6 Å². The lowest BCUT2D eigenvalue weighted by Gasteiger charge is -2.29. The Kier molecular flexibility index (Phi) is 5.68. The van der Waals surface area contributed by atoms with Crippen LogP contribution in [0.1, 0.15) is 58.9 Å². The zero-order chi connectivity index (χ0) is 24.3. The summed E-state index contributed by atoms with van der Waals surface area (Å²) in [5.74, 6) is 0.598. The number of aryl methyl sites for hydroxylation is 2. The number of anilines is 1. The van der Waals surface area contributed by atoms with Gasteiger partial charge in [0.1, 0.15) is 11.3 Å². The number of oxazole rings is 1. The monoisotopic (exact) mass is 484 g/mol. The number of aromatic nitrogens is 2. The summed E-state index contributed by atoms with van der Waals surface area (Å²) in [5.41, 5.74) is 1.92. The molecule has 180 valence electrons. The second kappa shape index (κ2) is 8.43. The Hall–Kier alpha value is -2.84. The lowest BCUT2D eigenvalue weighted by Crippen LogP contribution is -2.30. The molecular weight excluding hydrogens is 456 g/mol. The first-order valence-corrected chi connectivity index (χ1v) is 12.0. The highest BCUT2D eigenvalue weighted by Gasteiger charge is 2.36. The Balaban J connectivity index is 1.57. The van der Waals surface area contributed by atoms with Crippen molar-refractivity contribution in [3.05, 3.63) is 56.5 Å². The number of aromatic carboxylic acids is 1. The predicted octanol–water partition coefficient (Wildman–Crippen LogP) is 4.42. The van der Waals surface area contributed by atoms with Crippen LogP contribution < -0.4 is 10.3 Å². The number of carboxylic acid groups (broad SMARTS) is 1. The molecule has 1 aliphatic heterocycles. The molecule has 34 heavy (non-hydrogen) atoms. The first-order chi connectivity index (χ1) is 16.2. The van der Waals surface area contributed by atoms with Crippen molar-refractivity contribution < 1.29 is 14.3 Å². The molecule has 1 saturated heterocycles. The third kappa shape index (κ3) is 3.79. The highest BCUT2D eigenvalue weighted by Crippen LogP contribution is 2.43. The van der Waals surface area contributed by atoms with Crippen molar-refractivity contribution in [2.45, 2.75) is 45.2 Å². The fraction of sp³-hybridized carbons (Fsp3) is 0.480. The Labute approximate surface area is 202 Å². The fourth-order valence-corrected chi connectivity index (χ4v) is 5.82. The summed E-state index contributed by atoms with van der Waals surface area (Å²) in [4.78, 5) is 33.6. The SMILES string of the molecule is Cc1cnc(C(C2CCN(c3c(Cl)cc4c(=O)c(C(=O)O)cn(C5CC5)c4c3C)C2)N(C)C)o1. The Morgan fingerprint density at radius 3 is 2.62 bits per heavy atom. The van der Waals surface area contributed by atoms with Crippen molar-refractivity contribution in [1.29, 1.82) is 0 Å². The molecule has 1 aromatic carbocycles. The maximum absolute atomic E-state index is 13.0. The van der Waals surface area contributed by atoms with E-state index in [4.69, 9.17) is 16.0 Å². The summed E-state index contributed by atoms with van der Waals surface area (Å²) in [7, 11) is 4.07. The standard InChI is InChI=1S/C25H29ClN4O4/c1-13-10-27-24(34-13)22(28(3)4)15-7-8-29(11-15)21-14(2)20-17(9-19(21)26)23(31)18(25(32)33)12-30(20)16-5-6-16/h9-10,12,15-16,22H,5-8,11H2,1-4H3,(H,32,33). The Bertz CT molecular complexity index is 1340. The quantitative estimate of drug-likeness (QED) is 0.553. The summed E-state index contributed by atoms with van der Waals surface area (Å²) in [6.45, 7) is 5.48. The van der Waals surface area contributed by atoms with E-state index >= 15 is 0 Å². The van der Waals surface area contributed by atoms with Crippen molar-refractivity contribution >= 4 is 34.2 Å². The number of fused-ring (bicyclic) bond motifs is 1. The summed E-state index contributed by atoms with van der Waals surface area (Å²) in [6.07, 6.45) is 6.16.